The summed E-state index contributed by atoms with van der Waals surface area (Å²) in [6, 6.07) is 9.22. The molecular formula is C16H11ClF3NO2S2. The summed E-state index contributed by atoms with van der Waals surface area (Å²) < 4.78 is 49.6. The Morgan fingerprint density at radius 3 is 2.48 bits per heavy atom. The summed E-state index contributed by atoms with van der Waals surface area (Å²) in [6.07, 6.45) is -4.39. The Balaban J connectivity index is 1.71. The Morgan fingerprint density at radius 1 is 1.08 bits per heavy atom. The van der Waals surface area contributed by atoms with E-state index in [1.807, 2.05) is 13.0 Å². The molecule has 0 N–H and O–H groups in total. The van der Waals surface area contributed by atoms with Crippen molar-refractivity contribution < 1.29 is 22.6 Å². The normalized spacial score (nSPS) is 11.6. The van der Waals surface area contributed by atoms with Crippen molar-refractivity contribution >= 4 is 34.3 Å². The van der Waals surface area contributed by atoms with Crippen LogP contribution in [0.25, 0.3) is 0 Å². The summed E-state index contributed by atoms with van der Waals surface area (Å²) >= 11 is 7.78. The predicted molar refractivity (Wildman–Crippen MR) is 92.0 cm³/mol. The highest BCUT2D eigenvalue weighted by Crippen LogP contribution is 2.39. The van der Waals surface area contributed by atoms with E-state index in [0.717, 1.165) is 16.5 Å². The molecule has 3 nitrogen and oxygen atoms in total. The quantitative estimate of drug-likeness (QED) is 0.482. The number of hydrogen-bond acceptors (Lipinski definition) is 5. The fourth-order valence-corrected chi connectivity index (χ4v) is 3.67. The first kappa shape index (κ1) is 18.0. The van der Waals surface area contributed by atoms with Crippen molar-refractivity contribution in [1.29, 1.82) is 0 Å². The average molecular weight is 406 g/mol. The lowest BCUT2D eigenvalue weighted by Gasteiger charge is -2.08. The van der Waals surface area contributed by atoms with Gasteiger partial charge in [0.1, 0.15) is 11.5 Å². The van der Waals surface area contributed by atoms with E-state index in [4.69, 9.17) is 21.1 Å². The van der Waals surface area contributed by atoms with E-state index in [-0.39, 0.29) is 10.9 Å². The first-order chi connectivity index (χ1) is 11.8. The van der Waals surface area contributed by atoms with E-state index in [1.54, 1.807) is 18.2 Å². The van der Waals surface area contributed by atoms with Crippen LogP contribution in [0.3, 0.4) is 0 Å². The zero-order chi connectivity index (χ0) is 18.0. The van der Waals surface area contributed by atoms with Gasteiger partial charge in [0.05, 0.1) is 4.34 Å². The zero-order valence-electron chi connectivity index (χ0n) is 12.8. The molecule has 0 saturated carbocycles. The molecule has 0 fully saturated rings. The lowest BCUT2D eigenvalue weighted by Crippen LogP contribution is -2.00. The maximum atomic E-state index is 12.6. The molecule has 0 aliphatic rings. The molecule has 0 saturated heterocycles. The molecule has 0 aromatic carbocycles. The number of pyridine rings is 1. The van der Waals surface area contributed by atoms with Crippen LogP contribution in [-0.4, -0.2) is 4.98 Å². The Morgan fingerprint density at radius 2 is 1.84 bits per heavy atom. The maximum absolute atomic E-state index is 12.6. The summed E-state index contributed by atoms with van der Waals surface area (Å²) in [5.41, 5.74) is 0.816. The molecule has 9 heteroatoms. The molecule has 0 atom stereocenters. The molecule has 3 aromatic heterocycles. The van der Waals surface area contributed by atoms with Gasteiger partial charge in [0, 0.05) is 17.0 Å². The van der Waals surface area contributed by atoms with Gasteiger partial charge in [-0.25, -0.2) is 0 Å². The van der Waals surface area contributed by atoms with Gasteiger partial charge in [-0.05, 0) is 36.8 Å². The maximum Gasteiger partial charge on any atom is 0.425 e. The number of aryl methyl sites for hydroxylation is 1. The number of rotatable bonds is 5. The summed E-state index contributed by atoms with van der Waals surface area (Å²) in [5, 5.41) is 0.112. The van der Waals surface area contributed by atoms with Crippen LogP contribution in [0.2, 0.25) is 4.34 Å². The molecule has 3 heterocycles. The molecule has 0 aliphatic carbocycles. The smallest absolute Gasteiger partial charge is 0.425 e. The minimum atomic E-state index is -4.39. The topological polar surface area (TPSA) is 31.4 Å². The van der Waals surface area contributed by atoms with Gasteiger partial charge in [0.25, 0.3) is 0 Å². The molecule has 3 aromatic rings. The van der Waals surface area contributed by atoms with Gasteiger partial charge < -0.3 is 9.47 Å². The highest BCUT2D eigenvalue weighted by molar-refractivity contribution is 7.16. The average Bonchev–Trinajstić information content (AvgIpc) is 3.13. The number of hydrogen-bond donors (Lipinski definition) is 0. The van der Waals surface area contributed by atoms with E-state index in [0.29, 0.717) is 28.2 Å². The van der Waals surface area contributed by atoms with E-state index >= 15 is 0 Å². The van der Waals surface area contributed by atoms with Crippen molar-refractivity contribution in [3.8, 4) is 16.8 Å². The first-order valence-corrected chi connectivity index (χ1v) is 9.01. The van der Waals surface area contributed by atoms with E-state index < -0.39 is 11.1 Å². The summed E-state index contributed by atoms with van der Waals surface area (Å²) in [7, 11) is 0. The number of halogens is 4. The van der Waals surface area contributed by atoms with E-state index in [2.05, 4.69) is 4.98 Å². The molecule has 0 aliphatic heterocycles. The molecule has 0 amide bonds. The number of thiophene rings is 2. The minimum absolute atomic E-state index is 0.112. The lowest BCUT2D eigenvalue weighted by molar-refractivity contribution is -0.134. The second-order valence-electron chi connectivity index (χ2n) is 5.03. The second kappa shape index (κ2) is 7.23. The first-order valence-electron chi connectivity index (χ1n) is 7.00. The van der Waals surface area contributed by atoms with Crippen LogP contribution in [0.1, 0.15) is 15.3 Å². The van der Waals surface area contributed by atoms with Crippen LogP contribution in [0, 0.1) is 6.92 Å². The fraction of sp³-hybridized carbons (Fsp3) is 0.188. The van der Waals surface area contributed by atoms with Crippen molar-refractivity contribution in [1.82, 2.24) is 4.98 Å². The Hall–Kier alpha value is -1.77. The third-order valence-corrected chi connectivity index (χ3v) is 5.19. The largest absolute Gasteiger partial charge is 0.472 e. The van der Waals surface area contributed by atoms with Crippen molar-refractivity contribution in [3.05, 3.63) is 56.1 Å². The van der Waals surface area contributed by atoms with Crippen LogP contribution in [0.15, 0.2) is 36.4 Å². The highest BCUT2D eigenvalue weighted by Gasteiger charge is 2.32. The number of ether oxygens (including phenoxy) is 2. The van der Waals surface area contributed by atoms with Crippen molar-refractivity contribution in [2.75, 3.05) is 0 Å². The fourth-order valence-electron chi connectivity index (χ4n) is 1.94. The SMILES string of the molecule is Cc1cc(OCc2ccc(Cl)s2)nc(Oc2ccc(C(F)(F)F)s2)c1. The Bertz CT molecular complexity index is 876. The minimum Gasteiger partial charge on any atom is -0.472 e. The Kier molecular flexibility index (Phi) is 5.21. The van der Waals surface area contributed by atoms with Crippen molar-refractivity contribution in [2.24, 2.45) is 0 Å². The van der Waals surface area contributed by atoms with Crippen molar-refractivity contribution in [2.45, 2.75) is 19.7 Å². The van der Waals surface area contributed by atoms with Gasteiger partial charge in [-0.3, -0.25) is 0 Å². The predicted octanol–water partition coefficient (Wildman–Crippen LogP) is 6.56. The number of alkyl halides is 3. The molecule has 3 rings (SSSR count). The molecule has 0 radical (unpaired) electrons. The summed E-state index contributed by atoms with van der Waals surface area (Å²) in [5.74, 6) is 0.502. The number of aromatic nitrogens is 1. The zero-order valence-corrected chi connectivity index (χ0v) is 15.2. The van der Waals surface area contributed by atoms with Crippen LogP contribution in [0.4, 0.5) is 13.2 Å². The highest BCUT2D eigenvalue weighted by atomic mass is 35.5. The second-order valence-corrected chi connectivity index (χ2v) is 7.88. The summed E-state index contributed by atoms with van der Waals surface area (Å²) in [6.45, 7) is 2.11. The van der Waals surface area contributed by atoms with Gasteiger partial charge in [-0.15, -0.1) is 11.3 Å². The molecule has 25 heavy (non-hydrogen) atoms. The van der Waals surface area contributed by atoms with Gasteiger partial charge in [-0.2, -0.15) is 18.2 Å². The Labute approximate surface area is 154 Å². The monoisotopic (exact) mass is 405 g/mol. The van der Waals surface area contributed by atoms with Crippen LogP contribution < -0.4 is 9.47 Å². The van der Waals surface area contributed by atoms with Crippen molar-refractivity contribution in [3.63, 3.8) is 0 Å². The van der Waals surface area contributed by atoms with Gasteiger partial charge in [0.2, 0.25) is 11.8 Å². The van der Waals surface area contributed by atoms with E-state index in [1.165, 1.54) is 17.4 Å². The van der Waals surface area contributed by atoms with E-state index in [9.17, 15) is 13.2 Å². The van der Waals surface area contributed by atoms with Crippen LogP contribution >= 0.6 is 34.3 Å². The van der Waals surface area contributed by atoms with Gasteiger partial charge >= 0.3 is 6.18 Å². The van der Waals surface area contributed by atoms with Gasteiger partial charge in [0.15, 0.2) is 5.06 Å². The summed E-state index contributed by atoms with van der Waals surface area (Å²) in [4.78, 5) is 4.39. The third-order valence-electron chi connectivity index (χ3n) is 2.98. The molecular weight excluding hydrogens is 395 g/mol. The van der Waals surface area contributed by atoms with Crippen LogP contribution in [0.5, 0.6) is 16.8 Å². The molecule has 0 spiro atoms. The molecule has 132 valence electrons. The molecule has 0 bridgehead atoms. The standard InChI is InChI=1S/C16H11ClF3NO2S2/c1-9-6-13(22-8-10-2-4-12(17)24-10)21-14(7-9)23-15-5-3-11(25-15)16(18,19)20/h2-7H,8H2,1H3. The van der Waals surface area contributed by atoms with Gasteiger partial charge in [-0.1, -0.05) is 22.9 Å². The lowest BCUT2D eigenvalue weighted by atomic mass is 10.3. The van der Waals surface area contributed by atoms with Crippen LogP contribution in [-0.2, 0) is 12.8 Å². The number of nitrogens with zero attached hydrogens (tertiary/aromatic N) is 1. The third kappa shape index (κ3) is 4.87. The molecule has 0 unspecified atom stereocenters.